The number of ketones is 1. The lowest BCUT2D eigenvalue weighted by atomic mass is 9.95. The third-order valence-corrected chi connectivity index (χ3v) is 5.18. The van der Waals surface area contributed by atoms with Gasteiger partial charge in [-0.25, -0.2) is 4.79 Å². The molecule has 0 fully saturated rings. The molecular weight excluding hydrogens is 428 g/mol. The number of nitrogens with two attached hydrogens (primary N) is 1. The second-order valence-electron chi connectivity index (χ2n) is 7.96. The Kier molecular flexibility index (Phi) is 8.06. The van der Waals surface area contributed by atoms with Gasteiger partial charge in [-0.3, -0.25) is 9.59 Å². The zero-order valence-electron chi connectivity index (χ0n) is 19.0. The number of phenols is 1. The lowest BCUT2D eigenvalue weighted by Gasteiger charge is -2.38. The van der Waals surface area contributed by atoms with Gasteiger partial charge in [-0.1, -0.05) is 30.3 Å². The maximum absolute atomic E-state index is 12.8. The molecule has 9 nitrogen and oxygen atoms in total. The van der Waals surface area contributed by atoms with Crippen molar-refractivity contribution in [3.05, 3.63) is 59.8 Å². The van der Waals surface area contributed by atoms with E-state index in [1.165, 1.54) is 12.1 Å². The highest BCUT2D eigenvalue weighted by Crippen LogP contribution is 2.33. The summed E-state index contributed by atoms with van der Waals surface area (Å²) in [5.74, 6) is -2.86. The van der Waals surface area contributed by atoms with E-state index in [0.29, 0.717) is 11.4 Å². The Labute approximate surface area is 192 Å². The first-order chi connectivity index (χ1) is 15.5. The number of allylic oxidation sites excluding steroid dienone is 1. The Morgan fingerprint density at radius 1 is 1.00 bits per heavy atom. The first-order valence-corrected chi connectivity index (χ1v) is 10.1. The van der Waals surface area contributed by atoms with Gasteiger partial charge in [0.1, 0.15) is 12.4 Å². The number of hydrogen-bond donors (Lipinski definition) is 3. The third-order valence-electron chi connectivity index (χ3n) is 5.18. The Balaban J connectivity index is 2.47. The van der Waals surface area contributed by atoms with E-state index in [2.05, 4.69) is 0 Å². The van der Waals surface area contributed by atoms with E-state index < -0.39 is 29.8 Å². The van der Waals surface area contributed by atoms with Crippen LogP contribution in [0.4, 0.5) is 0 Å². The fourth-order valence-electron chi connectivity index (χ4n) is 3.10. The summed E-state index contributed by atoms with van der Waals surface area (Å²) in [6.07, 6.45) is 0. The number of carbonyl (C=O) groups is 3. The molecule has 0 spiro atoms. The molecule has 0 atom stereocenters. The monoisotopic (exact) mass is 456 g/mol. The second-order valence-corrected chi connectivity index (χ2v) is 7.96. The third kappa shape index (κ3) is 6.25. The fourth-order valence-corrected chi connectivity index (χ4v) is 3.10. The Hall–Kier alpha value is -4.01. The zero-order chi connectivity index (χ0) is 24.8. The SMILES string of the molecule is C/C(=C(\C(=O)C(N)=O)c1ccccc1OCC(=O)O)N(C)C(C)(C)COc1ccccc1O. The minimum absolute atomic E-state index is 0.00248. The molecule has 33 heavy (non-hydrogen) atoms. The van der Waals surface area contributed by atoms with E-state index in [-0.39, 0.29) is 29.2 Å². The Bertz CT molecular complexity index is 1080. The molecule has 0 saturated carbocycles. The van der Waals surface area contributed by atoms with Gasteiger partial charge < -0.3 is 30.3 Å². The topological polar surface area (TPSA) is 139 Å². The van der Waals surface area contributed by atoms with E-state index in [0.717, 1.165) is 0 Å². The quantitative estimate of drug-likeness (QED) is 0.346. The summed E-state index contributed by atoms with van der Waals surface area (Å²) in [5, 5.41) is 18.9. The lowest BCUT2D eigenvalue weighted by Crippen LogP contribution is -2.45. The van der Waals surface area contributed by atoms with Crippen LogP contribution < -0.4 is 15.2 Å². The number of aromatic hydroxyl groups is 1. The summed E-state index contributed by atoms with van der Waals surface area (Å²) in [6.45, 7) is 4.87. The minimum Gasteiger partial charge on any atom is -0.504 e. The summed E-state index contributed by atoms with van der Waals surface area (Å²) >= 11 is 0. The van der Waals surface area contributed by atoms with E-state index in [9.17, 15) is 19.5 Å². The van der Waals surface area contributed by atoms with Crippen LogP contribution in [0.2, 0.25) is 0 Å². The molecule has 0 aliphatic rings. The number of carbonyl (C=O) groups excluding carboxylic acids is 2. The summed E-state index contributed by atoms with van der Waals surface area (Å²) in [7, 11) is 1.72. The molecule has 0 aromatic heterocycles. The number of para-hydroxylation sites is 3. The van der Waals surface area contributed by atoms with Gasteiger partial charge in [0, 0.05) is 18.3 Å². The summed E-state index contributed by atoms with van der Waals surface area (Å²) in [6, 6.07) is 12.9. The molecule has 0 aliphatic heterocycles. The van der Waals surface area contributed by atoms with Crippen molar-refractivity contribution in [2.24, 2.45) is 5.73 Å². The van der Waals surface area contributed by atoms with Crippen LogP contribution in [0.25, 0.3) is 5.57 Å². The maximum atomic E-state index is 12.8. The maximum Gasteiger partial charge on any atom is 0.341 e. The number of Topliss-reactive ketones (excluding diaryl/α,β-unsaturated/α-hetero) is 1. The largest absolute Gasteiger partial charge is 0.504 e. The highest BCUT2D eigenvalue weighted by Gasteiger charge is 2.31. The van der Waals surface area contributed by atoms with Crippen LogP contribution in [0.5, 0.6) is 17.2 Å². The van der Waals surface area contributed by atoms with E-state index in [1.54, 1.807) is 55.3 Å². The second kappa shape index (κ2) is 10.5. The number of ether oxygens (including phenoxy) is 2. The van der Waals surface area contributed by atoms with E-state index >= 15 is 0 Å². The molecule has 0 heterocycles. The number of carboxylic acids is 1. The molecule has 2 aromatic rings. The summed E-state index contributed by atoms with van der Waals surface area (Å²) in [4.78, 5) is 37.4. The van der Waals surface area contributed by atoms with Crippen molar-refractivity contribution < 1.29 is 34.1 Å². The normalized spacial score (nSPS) is 11.9. The summed E-state index contributed by atoms with van der Waals surface area (Å²) in [5.41, 5.74) is 5.24. The smallest absolute Gasteiger partial charge is 0.341 e. The van der Waals surface area contributed by atoms with Crippen LogP contribution in [0.15, 0.2) is 54.2 Å². The highest BCUT2D eigenvalue weighted by atomic mass is 16.5. The van der Waals surface area contributed by atoms with Crippen LogP contribution in [0, 0.1) is 0 Å². The number of carboxylic acid groups (broad SMARTS) is 1. The van der Waals surface area contributed by atoms with Gasteiger partial charge in [-0.05, 0) is 39.0 Å². The van der Waals surface area contributed by atoms with Crippen LogP contribution in [0.3, 0.4) is 0 Å². The number of nitrogens with zero attached hydrogens (tertiary/aromatic N) is 1. The molecule has 0 radical (unpaired) electrons. The molecule has 176 valence electrons. The molecule has 0 bridgehead atoms. The zero-order valence-corrected chi connectivity index (χ0v) is 19.0. The van der Waals surface area contributed by atoms with Crippen molar-refractivity contribution >= 4 is 23.2 Å². The van der Waals surface area contributed by atoms with Crippen LogP contribution in [-0.2, 0) is 14.4 Å². The van der Waals surface area contributed by atoms with Crippen LogP contribution in [0.1, 0.15) is 26.3 Å². The lowest BCUT2D eigenvalue weighted by molar-refractivity contribution is -0.139. The van der Waals surface area contributed by atoms with Crippen LogP contribution >= 0.6 is 0 Å². The molecule has 0 saturated heterocycles. The van der Waals surface area contributed by atoms with Gasteiger partial charge in [0.25, 0.3) is 11.7 Å². The van der Waals surface area contributed by atoms with Crippen molar-refractivity contribution in [2.75, 3.05) is 20.3 Å². The number of amides is 1. The number of likely N-dealkylation sites (N-methyl/N-ethyl adjacent to an activating group) is 1. The molecule has 0 aliphatic carbocycles. The van der Waals surface area contributed by atoms with Gasteiger partial charge in [0.15, 0.2) is 18.1 Å². The van der Waals surface area contributed by atoms with Gasteiger partial charge in [0.05, 0.1) is 11.1 Å². The number of hydrogen-bond acceptors (Lipinski definition) is 7. The molecule has 2 rings (SSSR count). The average molecular weight is 456 g/mol. The first-order valence-electron chi connectivity index (χ1n) is 10.1. The van der Waals surface area contributed by atoms with Crippen molar-refractivity contribution in [2.45, 2.75) is 26.3 Å². The molecule has 1 amide bonds. The Morgan fingerprint density at radius 2 is 1.58 bits per heavy atom. The predicted molar refractivity (Wildman–Crippen MR) is 122 cm³/mol. The minimum atomic E-state index is -1.19. The van der Waals surface area contributed by atoms with E-state index in [1.807, 2.05) is 13.8 Å². The fraction of sp³-hybridized carbons (Fsp3) is 0.292. The molecular formula is C24H28N2O7. The standard InChI is InChI=1S/C24H28N2O7/c1-15(26(4)24(2,3)14-33-19-12-8-6-10-17(19)27)21(22(30)23(25)31)16-9-5-7-11-18(16)32-13-20(28)29/h5-12,27H,13-14H2,1-4H3,(H2,25,31)(H,28,29)/b21-15+. The number of aliphatic carboxylic acids is 1. The van der Waals surface area contributed by atoms with Gasteiger partial charge in [0.2, 0.25) is 0 Å². The summed E-state index contributed by atoms with van der Waals surface area (Å²) < 4.78 is 11.1. The predicted octanol–water partition coefficient (Wildman–Crippen LogP) is 2.43. The van der Waals surface area contributed by atoms with Crippen molar-refractivity contribution in [3.8, 4) is 17.2 Å². The van der Waals surface area contributed by atoms with Gasteiger partial charge in [-0.15, -0.1) is 0 Å². The molecule has 2 aromatic carbocycles. The first kappa shape index (κ1) is 25.3. The Morgan fingerprint density at radius 3 is 2.15 bits per heavy atom. The number of phenolic OH excluding ortho intramolecular Hbond substituents is 1. The highest BCUT2D eigenvalue weighted by molar-refractivity contribution is 6.53. The van der Waals surface area contributed by atoms with Crippen molar-refractivity contribution in [1.82, 2.24) is 4.90 Å². The van der Waals surface area contributed by atoms with Gasteiger partial charge >= 0.3 is 5.97 Å². The van der Waals surface area contributed by atoms with E-state index in [4.69, 9.17) is 20.3 Å². The van der Waals surface area contributed by atoms with Crippen molar-refractivity contribution in [1.29, 1.82) is 0 Å². The molecule has 9 heteroatoms. The number of rotatable bonds is 11. The van der Waals surface area contributed by atoms with Crippen molar-refractivity contribution in [3.63, 3.8) is 0 Å². The number of primary amides is 1. The molecule has 4 N–H and O–H groups in total. The van der Waals surface area contributed by atoms with Gasteiger partial charge in [-0.2, -0.15) is 0 Å². The number of benzene rings is 2. The molecule has 0 unspecified atom stereocenters. The van der Waals surface area contributed by atoms with Crippen LogP contribution in [-0.4, -0.2) is 58.6 Å². The average Bonchev–Trinajstić information content (AvgIpc) is 2.77.